The number of aromatic nitrogens is 3. The van der Waals surface area contributed by atoms with E-state index in [1.165, 1.54) is 6.33 Å². The molecule has 3 rings (SSSR count). The number of nitrogens with zero attached hydrogens (tertiary/aromatic N) is 5. The minimum atomic E-state index is -0.861. The second-order valence-corrected chi connectivity index (χ2v) is 6.65. The SMILES string of the molecule is CN(C)CC1(O)CCCN(C(=O)c2ccccc2-n2cncn2)C1. The van der Waals surface area contributed by atoms with Crippen molar-refractivity contribution in [3.8, 4) is 5.69 Å². The molecule has 0 spiro atoms. The predicted molar refractivity (Wildman–Crippen MR) is 90.0 cm³/mol. The summed E-state index contributed by atoms with van der Waals surface area (Å²) in [7, 11) is 3.86. The number of hydrogen-bond donors (Lipinski definition) is 1. The Morgan fingerprint density at radius 2 is 2.17 bits per heavy atom. The fraction of sp³-hybridized carbons (Fsp3) is 0.471. The maximum Gasteiger partial charge on any atom is 0.256 e. The van der Waals surface area contributed by atoms with Crippen LogP contribution < -0.4 is 0 Å². The van der Waals surface area contributed by atoms with E-state index < -0.39 is 5.60 Å². The van der Waals surface area contributed by atoms with E-state index in [2.05, 4.69) is 10.1 Å². The largest absolute Gasteiger partial charge is 0.387 e. The van der Waals surface area contributed by atoms with Crippen LogP contribution in [0.5, 0.6) is 0 Å². The number of carbonyl (C=O) groups excluding carboxylic acids is 1. The van der Waals surface area contributed by atoms with Crippen LogP contribution in [0.25, 0.3) is 5.69 Å². The molecule has 2 heterocycles. The molecule has 7 nitrogen and oxygen atoms in total. The summed E-state index contributed by atoms with van der Waals surface area (Å²) in [6, 6.07) is 7.34. The van der Waals surface area contributed by atoms with Crippen LogP contribution in [-0.2, 0) is 0 Å². The highest BCUT2D eigenvalue weighted by atomic mass is 16.3. The van der Waals surface area contributed by atoms with Crippen LogP contribution >= 0.6 is 0 Å². The Morgan fingerprint density at radius 3 is 2.88 bits per heavy atom. The summed E-state index contributed by atoms with van der Waals surface area (Å²) >= 11 is 0. The van der Waals surface area contributed by atoms with Gasteiger partial charge in [0.1, 0.15) is 12.7 Å². The van der Waals surface area contributed by atoms with Crippen molar-refractivity contribution in [2.45, 2.75) is 18.4 Å². The molecule has 1 unspecified atom stereocenters. The summed E-state index contributed by atoms with van der Waals surface area (Å²) in [5.74, 6) is -0.0852. The Kier molecular flexibility index (Phi) is 4.64. The van der Waals surface area contributed by atoms with Crippen LogP contribution in [0.3, 0.4) is 0 Å². The summed E-state index contributed by atoms with van der Waals surface area (Å²) in [4.78, 5) is 20.7. The average molecular weight is 329 g/mol. The number of hydrogen-bond acceptors (Lipinski definition) is 5. The van der Waals surface area contributed by atoms with E-state index in [0.29, 0.717) is 37.3 Å². The molecule has 7 heteroatoms. The second-order valence-electron chi connectivity index (χ2n) is 6.65. The summed E-state index contributed by atoms with van der Waals surface area (Å²) < 4.78 is 1.59. The Balaban J connectivity index is 1.85. The minimum absolute atomic E-state index is 0.0852. The van der Waals surface area contributed by atoms with Crippen LogP contribution in [0.15, 0.2) is 36.9 Å². The van der Waals surface area contributed by atoms with Gasteiger partial charge < -0.3 is 14.9 Å². The fourth-order valence-electron chi connectivity index (χ4n) is 3.36. The first-order valence-corrected chi connectivity index (χ1v) is 8.09. The van der Waals surface area contributed by atoms with E-state index in [1.807, 2.05) is 37.2 Å². The van der Waals surface area contributed by atoms with Gasteiger partial charge in [-0.3, -0.25) is 4.79 Å². The zero-order chi connectivity index (χ0) is 17.2. The van der Waals surface area contributed by atoms with Crippen molar-refractivity contribution >= 4 is 5.91 Å². The van der Waals surface area contributed by atoms with Crippen molar-refractivity contribution in [3.05, 3.63) is 42.5 Å². The van der Waals surface area contributed by atoms with Crippen molar-refractivity contribution in [2.75, 3.05) is 33.7 Å². The normalized spacial score (nSPS) is 21.2. The van der Waals surface area contributed by atoms with Gasteiger partial charge in [-0.2, -0.15) is 5.10 Å². The highest BCUT2D eigenvalue weighted by molar-refractivity contribution is 5.97. The first kappa shape index (κ1) is 16.6. The van der Waals surface area contributed by atoms with Crippen LogP contribution in [0, 0.1) is 0 Å². The molecular formula is C17H23N5O2. The van der Waals surface area contributed by atoms with Gasteiger partial charge in [0.2, 0.25) is 0 Å². The van der Waals surface area contributed by atoms with Crippen molar-refractivity contribution in [2.24, 2.45) is 0 Å². The smallest absolute Gasteiger partial charge is 0.256 e. The number of amides is 1. The summed E-state index contributed by atoms with van der Waals surface area (Å²) in [6.45, 7) is 1.54. The van der Waals surface area contributed by atoms with E-state index in [9.17, 15) is 9.90 Å². The van der Waals surface area contributed by atoms with Gasteiger partial charge in [-0.1, -0.05) is 12.1 Å². The number of benzene rings is 1. The molecule has 24 heavy (non-hydrogen) atoms. The van der Waals surface area contributed by atoms with Crippen molar-refractivity contribution < 1.29 is 9.90 Å². The number of β-amino-alcohol motifs (C(OH)–C–C–N with tert-alkyl or cyclic N) is 1. The Bertz CT molecular complexity index is 701. The van der Waals surface area contributed by atoms with Crippen LogP contribution in [-0.4, -0.2) is 74.9 Å². The second kappa shape index (κ2) is 6.70. The van der Waals surface area contributed by atoms with E-state index in [-0.39, 0.29) is 5.91 Å². The molecule has 0 aliphatic carbocycles. The lowest BCUT2D eigenvalue weighted by molar-refractivity contribution is -0.0391. The molecule has 1 saturated heterocycles. The molecule has 2 aromatic rings. The molecule has 1 aliphatic heterocycles. The van der Waals surface area contributed by atoms with Gasteiger partial charge in [0.05, 0.1) is 23.4 Å². The fourth-order valence-corrected chi connectivity index (χ4v) is 3.36. The van der Waals surface area contributed by atoms with Crippen molar-refractivity contribution in [3.63, 3.8) is 0 Å². The van der Waals surface area contributed by atoms with Gasteiger partial charge in [0, 0.05) is 13.1 Å². The third kappa shape index (κ3) is 3.47. The van der Waals surface area contributed by atoms with Crippen molar-refractivity contribution in [1.29, 1.82) is 0 Å². The molecule has 0 bridgehead atoms. The van der Waals surface area contributed by atoms with E-state index >= 15 is 0 Å². The number of aliphatic hydroxyl groups is 1. The first-order chi connectivity index (χ1) is 11.5. The quantitative estimate of drug-likeness (QED) is 0.898. The molecule has 1 aromatic heterocycles. The standard InChI is InChI=1S/C17H23N5O2/c1-20(2)10-17(24)8-5-9-21(11-17)16(23)14-6-3-4-7-15(14)22-13-18-12-19-22/h3-4,6-7,12-13,24H,5,8-11H2,1-2H3. The lowest BCUT2D eigenvalue weighted by Gasteiger charge is -2.40. The topological polar surface area (TPSA) is 74.5 Å². The van der Waals surface area contributed by atoms with Gasteiger partial charge in [0.25, 0.3) is 5.91 Å². The zero-order valence-electron chi connectivity index (χ0n) is 14.1. The van der Waals surface area contributed by atoms with Gasteiger partial charge >= 0.3 is 0 Å². The van der Waals surface area contributed by atoms with E-state index in [0.717, 1.165) is 6.42 Å². The average Bonchev–Trinajstić information content (AvgIpc) is 3.07. The number of likely N-dealkylation sites (tertiary alicyclic amines) is 1. The molecule has 1 atom stereocenters. The summed E-state index contributed by atoms with van der Waals surface area (Å²) in [5, 5.41) is 14.9. The number of rotatable bonds is 4. The highest BCUT2D eigenvalue weighted by Gasteiger charge is 2.36. The third-order valence-electron chi connectivity index (χ3n) is 4.25. The first-order valence-electron chi connectivity index (χ1n) is 8.09. The molecule has 1 aliphatic rings. The molecule has 1 amide bonds. The van der Waals surface area contributed by atoms with Gasteiger partial charge in [-0.15, -0.1) is 0 Å². The Labute approximate surface area is 141 Å². The molecule has 128 valence electrons. The number of para-hydroxylation sites is 1. The van der Waals surface area contributed by atoms with Crippen molar-refractivity contribution in [1.82, 2.24) is 24.6 Å². The molecular weight excluding hydrogens is 306 g/mol. The lowest BCUT2D eigenvalue weighted by atomic mass is 9.92. The van der Waals surface area contributed by atoms with Crippen LogP contribution in [0.4, 0.5) is 0 Å². The summed E-state index contributed by atoms with van der Waals surface area (Å²) in [5.41, 5.74) is 0.401. The Morgan fingerprint density at radius 1 is 1.38 bits per heavy atom. The van der Waals surface area contributed by atoms with E-state index in [4.69, 9.17) is 0 Å². The number of carbonyl (C=O) groups is 1. The Hall–Kier alpha value is -2.25. The molecule has 1 aromatic carbocycles. The molecule has 0 radical (unpaired) electrons. The van der Waals surface area contributed by atoms with Gasteiger partial charge in [-0.05, 0) is 39.1 Å². The molecule has 0 saturated carbocycles. The minimum Gasteiger partial charge on any atom is -0.387 e. The monoisotopic (exact) mass is 329 g/mol. The number of likely N-dealkylation sites (N-methyl/N-ethyl adjacent to an activating group) is 1. The van der Waals surface area contributed by atoms with E-state index in [1.54, 1.807) is 22.0 Å². The van der Waals surface area contributed by atoms with Crippen LogP contribution in [0.2, 0.25) is 0 Å². The number of piperidine rings is 1. The lowest BCUT2D eigenvalue weighted by Crippen LogP contribution is -2.54. The maximum atomic E-state index is 13.0. The third-order valence-corrected chi connectivity index (χ3v) is 4.25. The zero-order valence-corrected chi connectivity index (χ0v) is 14.1. The predicted octanol–water partition coefficient (Wildman–Crippen LogP) is 0.796. The molecule has 1 fully saturated rings. The molecule has 1 N–H and O–H groups in total. The van der Waals surface area contributed by atoms with Gasteiger partial charge in [-0.25, -0.2) is 9.67 Å². The summed E-state index contributed by atoms with van der Waals surface area (Å²) in [6.07, 6.45) is 4.52. The van der Waals surface area contributed by atoms with Crippen LogP contribution in [0.1, 0.15) is 23.2 Å². The van der Waals surface area contributed by atoms with Gasteiger partial charge in [0.15, 0.2) is 0 Å². The highest BCUT2D eigenvalue weighted by Crippen LogP contribution is 2.24. The maximum absolute atomic E-state index is 13.0.